The van der Waals surface area contributed by atoms with Crippen LogP contribution >= 0.6 is 11.6 Å². The molecule has 2 heterocycles. The van der Waals surface area contributed by atoms with Crippen LogP contribution in [0.25, 0.3) is 0 Å². The van der Waals surface area contributed by atoms with Gasteiger partial charge in [-0.3, -0.25) is 4.90 Å². The van der Waals surface area contributed by atoms with E-state index in [4.69, 9.17) is 26.8 Å². The van der Waals surface area contributed by atoms with Gasteiger partial charge >= 0.3 is 5.97 Å². The number of hydrogen-bond donors (Lipinski definition) is 2. The summed E-state index contributed by atoms with van der Waals surface area (Å²) in [5.41, 5.74) is 9.82. The number of carbonyl (C=O) groups is 1. The van der Waals surface area contributed by atoms with Crippen molar-refractivity contribution in [3.05, 3.63) is 52.0 Å². The van der Waals surface area contributed by atoms with Gasteiger partial charge in [-0.1, -0.05) is 41.4 Å². The Labute approximate surface area is 181 Å². The number of halogens is 1. The molecule has 0 bridgehead atoms. The van der Waals surface area contributed by atoms with E-state index in [9.17, 15) is 9.90 Å². The summed E-state index contributed by atoms with van der Waals surface area (Å²) in [4.78, 5) is 13.7. The summed E-state index contributed by atoms with van der Waals surface area (Å²) in [6.45, 7) is 5.13. The fourth-order valence-corrected chi connectivity index (χ4v) is 4.39. The number of carboxylic acid groups (broad SMARTS) is 1. The van der Waals surface area contributed by atoms with E-state index in [1.54, 1.807) is 0 Å². The molecule has 1 atom stereocenters. The second kappa shape index (κ2) is 8.74. The molecule has 1 fully saturated rings. The molecule has 1 saturated heterocycles. The van der Waals surface area contributed by atoms with Crippen LogP contribution in [0.4, 0.5) is 5.69 Å². The summed E-state index contributed by atoms with van der Waals surface area (Å²) in [5.74, 6) is 0.218. The number of hydrogen-bond acceptors (Lipinski definition) is 5. The van der Waals surface area contributed by atoms with Crippen LogP contribution in [0, 0.1) is 12.8 Å². The number of fused-ring (bicyclic) bond motifs is 1. The number of benzene rings is 2. The van der Waals surface area contributed by atoms with Crippen LogP contribution in [0.5, 0.6) is 11.5 Å². The number of nitrogens with two attached hydrogens (primary N) is 1. The Morgan fingerprint density at radius 3 is 2.60 bits per heavy atom. The number of likely N-dealkylation sites (tertiary alicyclic amines) is 1. The Morgan fingerprint density at radius 1 is 1.23 bits per heavy atom. The van der Waals surface area contributed by atoms with E-state index in [0.29, 0.717) is 16.7 Å². The van der Waals surface area contributed by atoms with Crippen molar-refractivity contribution >= 4 is 23.3 Å². The minimum atomic E-state index is -1.08. The van der Waals surface area contributed by atoms with Gasteiger partial charge in [0.2, 0.25) is 6.10 Å². The largest absolute Gasteiger partial charge is 0.485 e. The molecule has 4 rings (SSSR count). The van der Waals surface area contributed by atoms with E-state index in [0.717, 1.165) is 44.5 Å². The van der Waals surface area contributed by atoms with Crippen molar-refractivity contribution in [2.75, 3.05) is 25.4 Å². The average Bonchev–Trinajstić information content (AvgIpc) is 2.74. The van der Waals surface area contributed by atoms with Crippen LogP contribution in [-0.2, 0) is 17.8 Å². The van der Waals surface area contributed by atoms with Crippen LogP contribution in [-0.4, -0.2) is 41.8 Å². The highest BCUT2D eigenvalue weighted by atomic mass is 35.5. The molecular formula is C23H27ClN2O4. The second-order valence-corrected chi connectivity index (χ2v) is 8.66. The quantitative estimate of drug-likeness (QED) is 0.699. The fraction of sp³-hybridized carbons (Fsp3) is 0.435. The van der Waals surface area contributed by atoms with E-state index >= 15 is 0 Å². The van der Waals surface area contributed by atoms with Crippen molar-refractivity contribution in [1.82, 2.24) is 4.90 Å². The maximum absolute atomic E-state index is 11.3. The van der Waals surface area contributed by atoms with Gasteiger partial charge in [0, 0.05) is 6.54 Å². The number of rotatable bonds is 5. The normalized spacial score (nSPS) is 19.6. The number of nitrogen functional groups attached to an aromatic ring is 1. The highest BCUT2D eigenvalue weighted by Gasteiger charge is 2.32. The summed E-state index contributed by atoms with van der Waals surface area (Å²) < 4.78 is 11.3. The van der Waals surface area contributed by atoms with Crippen LogP contribution in [0.1, 0.15) is 29.5 Å². The highest BCUT2D eigenvalue weighted by Crippen LogP contribution is 2.45. The van der Waals surface area contributed by atoms with Gasteiger partial charge in [0.05, 0.1) is 10.7 Å². The van der Waals surface area contributed by atoms with Crippen LogP contribution in [0.15, 0.2) is 30.3 Å². The monoisotopic (exact) mass is 430 g/mol. The van der Waals surface area contributed by atoms with Gasteiger partial charge in [-0.25, -0.2) is 4.79 Å². The predicted octanol–water partition coefficient (Wildman–Crippen LogP) is 3.91. The van der Waals surface area contributed by atoms with E-state index in [1.165, 1.54) is 11.1 Å². The smallest absolute Gasteiger partial charge is 0.348 e. The SMILES string of the molecule is Cc1ccc(CN2CCC(Cc3cc(Cl)c(N)c4c3OCC(C(=O)O)O4)CC2)cc1. The van der Waals surface area contributed by atoms with Gasteiger partial charge in [0.25, 0.3) is 0 Å². The molecule has 2 aliphatic rings. The molecule has 2 aromatic carbocycles. The van der Waals surface area contributed by atoms with Crippen molar-refractivity contribution in [3.8, 4) is 11.5 Å². The molecule has 30 heavy (non-hydrogen) atoms. The summed E-state index contributed by atoms with van der Waals surface area (Å²) in [6, 6.07) is 10.6. The van der Waals surface area contributed by atoms with E-state index in [1.807, 2.05) is 6.07 Å². The maximum atomic E-state index is 11.3. The fourth-order valence-electron chi connectivity index (χ4n) is 4.17. The molecule has 6 nitrogen and oxygen atoms in total. The lowest BCUT2D eigenvalue weighted by Crippen LogP contribution is -2.37. The minimum absolute atomic E-state index is 0.0363. The molecule has 0 radical (unpaired) electrons. The second-order valence-electron chi connectivity index (χ2n) is 8.25. The molecule has 0 saturated carbocycles. The molecule has 2 aromatic rings. The predicted molar refractivity (Wildman–Crippen MR) is 116 cm³/mol. The number of anilines is 1. The Morgan fingerprint density at radius 2 is 1.93 bits per heavy atom. The lowest BCUT2D eigenvalue weighted by Gasteiger charge is -2.33. The van der Waals surface area contributed by atoms with Crippen molar-refractivity contribution in [3.63, 3.8) is 0 Å². The highest BCUT2D eigenvalue weighted by molar-refractivity contribution is 6.33. The number of aliphatic carboxylic acids is 1. The molecular weight excluding hydrogens is 404 g/mol. The number of ether oxygens (including phenoxy) is 2. The molecule has 3 N–H and O–H groups in total. The van der Waals surface area contributed by atoms with Crippen molar-refractivity contribution < 1.29 is 19.4 Å². The topological polar surface area (TPSA) is 85.0 Å². The molecule has 2 aliphatic heterocycles. The molecule has 0 amide bonds. The van der Waals surface area contributed by atoms with Crippen LogP contribution in [0.2, 0.25) is 5.02 Å². The summed E-state index contributed by atoms with van der Waals surface area (Å²) in [6.07, 6.45) is 1.90. The number of aryl methyl sites for hydroxylation is 1. The van der Waals surface area contributed by atoms with Gasteiger partial charge in [0.1, 0.15) is 6.61 Å². The van der Waals surface area contributed by atoms with E-state index in [2.05, 4.69) is 36.1 Å². The average molecular weight is 431 g/mol. The first-order valence-electron chi connectivity index (χ1n) is 10.3. The third-order valence-electron chi connectivity index (χ3n) is 5.96. The van der Waals surface area contributed by atoms with Crippen molar-refractivity contribution in [1.29, 1.82) is 0 Å². The zero-order valence-electron chi connectivity index (χ0n) is 17.1. The maximum Gasteiger partial charge on any atom is 0.348 e. The third kappa shape index (κ3) is 4.50. The Bertz CT molecular complexity index is 924. The number of carboxylic acids is 1. The summed E-state index contributed by atoms with van der Waals surface area (Å²) in [7, 11) is 0. The Kier molecular flexibility index (Phi) is 6.06. The first-order chi connectivity index (χ1) is 14.4. The Hall–Kier alpha value is -2.44. The first-order valence-corrected chi connectivity index (χ1v) is 10.7. The van der Waals surface area contributed by atoms with Crippen molar-refractivity contribution in [2.45, 2.75) is 38.8 Å². The van der Waals surface area contributed by atoms with Gasteiger partial charge < -0.3 is 20.3 Å². The van der Waals surface area contributed by atoms with Gasteiger partial charge in [-0.15, -0.1) is 0 Å². The lowest BCUT2D eigenvalue weighted by molar-refractivity contribution is -0.147. The van der Waals surface area contributed by atoms with Crippen molar-refractivity contribution in [2.24, 2.45) is 5.92 Å². The van der Waals surface area contributed by atoms with Gasteiger partial charge in [-0.05, 0) is 62.4 Å². The van der Waals surface area contributed by atoms with Crippen LogP contribution in [0.3, 0.4) is 0 Å². The summed E-state index contributed by atoms with van der Waals surface area (Å²) in [5, 5.41) is 9.59. The van der Waals surface area contributed by atoms with Gasteiger partial charge in [0.15, 0.2) is 11.5 Å². The molecule has 0 aliphatic carbocycles. The molecule has 0 aromatic heterocycles. The summed E-state index contributed by atoms with van der Waals surface area (Å²) >= 11 is 6.30. The van der Waals surface area contributed by atoms with Crippen LogP contribution < -0.4 is 15.2 Å². The Balaban J connectivity index is 1.41. The van der Waals surface area contributed by atoms with Gasteiger partial charge in [-0.2, -0.15) is 0 Å². The molecule has 160 valence electrons. The number of piperidine rings is 1. The minimum Gasteiger partial charge on any atom is -0.485 e. The lowest BCUT2D eigenvalue weighted by atomic mass is 9.89. The van der Waals surface area contributed by atoms with E-state index < -0.39 is 12.1 Å². The zero-order chi connectivity index (χ0) is 21.3. The van der Waals surface area contributed by atoms with E-state index in [-0.39, 0.29) is 18.0 Å². The molecule has 0 spiro atoms. The molecule has 7 heteroatoms. The molecule has 1 unspecified atom stereocenters. The third-order valence-corrected chi connectivity index (χ3v) is 6.27. The standard InChI is InChI=1S/C23H27ClN2O4/c1-14-2-4-16(5-3-14)12-26-8-6-15(7-9-26)10-17-11-18(24)20(25)22-21(17)29-13-19(30-22)23(27)28/h2-5,11,15,19H,6-10,12-13,25H2,1H3,(H,27,28). The number of nitrogens with zero attached hydrogens (tertiary/aromatic N) is 1. The first kappa shape index (κ1) is 20.8. The zero-order valence-corrected chi connectivity index (χ0v) is 17.8.